The molecule has 1 heterocycles. The van der Waals surface area contributed by atoms with Gasteiger partial charge >= 0.3 is 0 Å². The highest BCUT2D eigenvalue weighted by molar-refractivity contribution is 7.89. The van der Waals surface area contributed by atoms with Crippen molar-refractivity contribution in [3.8, 4) is 11.1 Å². The van der Waals surface area contributed by atoms with Gasteiger partial charge in [0.2, 0.25) is 10.0 Å². The minimum absolute atomic E-state index is 0.00907. The van der Waals surface area contributed by atoms with Crippen LogP contribution in [0, 0.1) is 5.82 Å². The number of anilines is 1. The maximum atomic E-state index is 13.2. The first-order valence-electron chi connectivity index (χ1n) is 10.6. The summed E-state index contributed by atoms with van der Waals surface area (Å²) in [5.74, 6) is -0.592. The van der Waals surface area contributed by atoms with E-state index >= 15 is 0 Å². The van der Waals surface area contributed by atoms with Crippen LogP contribution in [-0.4, -0.2) is 31.1 Å². The maximum Gasteiger partial charge on any atom is 0.243 e. The fraction of sp³-hybridized carbons (Fsp3) is 0.240. The third kappa shape index (κ3) is 4.74. The van der Waals surface area contributed by atoms with Crippen molar-refractivity contribution in [3.05, 3.63) is 84.2 Å². The van der Waals surface area contributed by atoms with Gasteiger partial charge in [-0.15, -0.1) is 0 Å². The van der Waals surface area contributed by atoms with E-state index in [4.69, 9.17) is 5.73 Å². The van der Waals surface area contributed by atoms with Crippen molar-refractivity contribution < 1.29 is 17.6 Å². The maximum absolute atomic E-state index is 13.2. The second-order valence-corrected chi connectivity index (χ2v) is 9.91. The minimum atomic E-state index is -3.84. The zero-order valence-electron chi connectivity index (χ0n) is 17.6. The van der Waals surface area contributed by atoms with Crippen molar-refractivity contribution >= 4 is 21.5 Å². The Labute approximate surface area is 187 Å². The van der Waals surface area contributed by atoms with Crippen LogP contribution in [0.25, 0.3) is 11.1 Å². The quantitative estimate of drug-likeness (QED) is 0.538. The number of Topliss-reactive ketones (excluding diaryl/α,β-unsaturated/α-hetero) is 1. The van der Waals surface area contributed by atoms with Crippen molar-refractivity contribution in [2.24, 2.45) is 0 Å². The monoisotopic (exact) mass is 452 g/mol. The van der Waals surface area contributed by atoms with E-state index in [-0.39, 0.29) is 17.1 Å². The van der Waals surface area contributed by atoms with E-state index in [1.54, 1.807) is 0 Å². The van der Waals surface area contributed by atoms with Gasteiger partial charge in [-0.3, -0.25) is 4.79 Å². The van der Waals surface area contributed by atoms with E-state index in [0.29, 0.717) is 31.5 Å². The molecule has 4 rings (SSSR count). The summed E-state index contributed by atoms with van der Waals surface area (Å²) in [6.45, 7) is 0.294. The zero-order valence-corrected chi connectivity index (χ0v) is 18.4. The smallest absolute Gasteiger partial charge is 0.243 e. The second-order valence-electron chi connectivity index (χ2n) is 8.02. The highest BCUT2D eigenvalue weighted by atomic mass is 32.2. The van der Waals surface area contributed by atoms with Gasteiger partial charge in [0.05, 0.1) is 10.9 Å². The Morgan fingerprint density at radius 2 is 1.72 bits per heavy atom. The van der Waals surface area contributed by atoms with Crippen molar-refractivity contribution in [3.63, 3.8) is 0 Å². The van der Waals surface area contributed by atoms with Crippen molar-refractivity contribution in [1.82, 2.24) is 4.31 Å². The summed E-state index contributed by atoms with van der Waals surface area (Å²) < 4.78 is 40.5. The number of aryl methyl sites for hydroxylation is 1. The Balaban J connectivity index is 1.45. The number of nitrogens with two attached hydrogens (primary N) is 1. The van der Waals surface area contributed by atoms with Crippen molar-refractivity contribution in [2.75, 3.05) is 12.3 Å². The van der Waals surface area contributed by atoms with E-state index in [9.17, 15) is 17.6 Å². The third-order valence-corrected chi connectivity index (χ3v) is 7.75. The fourth-order valence-electron chi connectivity index (χ4n) is 4.11. The Morgan fingerprint density at radius 1 is 1.00 bits per heavy atom. The zero-order chi connectivity index (χ0) is 22.7. The summed E-state index contributed by atoms with van der Waals surface area (Å²) >= 11 is 0. The number of nitrogens with zero attached hydrogens (tertiary/aromatic N) is 1. The van der Waals surface area contributed by atoms with Gasteiger partial charge in [-0.05, 0) is 72.4 Å². The standard InChI is InChI=1S/C25H25FN2O3S/c26-21-9-13-23(14-10-21)32(30,31)28-16-2-5-24(28)25(29)15-6-18-3-1-4-20(17-18)19-7-11-22(27)12-8-19/h1,3-4,7-14,17,24H,2,5-6,15-16,27H2/t24-/m0/s1. The van der Waals surface area contributed by atoms with Crippen LogP contribution in [-0.2, 0) is 21.2 Å². The average molecular weight is 453 g/mol. The topological polar surface area (TPSA) is 80.5 Å². The van der Waals surface area contributed by atoms with Crippen LogP contribution in [0.3, 0.4) is 0 Å². The van der Waals surface area contributed by atoms with E-state index in [0.717, 1.165) is 28.8 Å². The number of hydrogen-bond donors (Lipinski definition) is 1. The average Bonchev–Trinajstić information content (AvgIpc) is 3.30. The van der Waals surface area contributed by atoms with Crippen molar-refractivity contribution in [2.45, 2.75) is 36.6 Å². The molecule has 7 heteroatoms. The van der Waals surface area contributed by atoms with Gasteiger partial charge in [0.1, 0.15) is 5.82 Å². The summed E-state index contributed by atoms with van der Waals surface area (Å²) in [6, 6.07) is 19.6. The number of hydrogen-bond acceptors (Lipinski definition) is 4. The second kappa shape index (κ2) is 9.22. The Kier molecular flexibility index (Phi) is 6.39. The number of carbonyl (C=O) groups is 1. The number of rotatable bonds is 7. The molecule has 1 saturated heterocycles. The van der Waals surface area contributed by atoms with Gasteiger partial charge in [0.25, 0.3) is 0 Å². The number of sulfonamides is 1. The molecular formula is C25H25FN2O3S. The first kappa shape index (κ1) is 22.2. The molecule has 0 unspecified atom stereocenters. The molecular weight excluding hydrogens is 427 g/mol. The van der Waals surface area contributed by atoms with Crippen LogP contribution in [0.1, 0.15) is 24.8 Å². The molecule has 0 bridgehead atoms. The van der Waals surface area contributed by atoms with Crippen LogP contribution in [0.5, 0.6) is 0 Å². The highest BCUT2D eigenvalue weighted by Crippen LogP contribution is 2.28. The van der Waals surface area contributed by atoms with E-state index < -0.39 is 21.9 Å². The molecule has 166 valence electrons. The minimum Gasteiger partial charge on any atom is -0.399 e. The van der Waals surface area contributed by atoms with Gasteiger partial charge in [0, 0.05) is 18.7 Å². The van der Waals surface area contributed by atoms with E-state index in [1.165, 1.54) is 16.4 Å². The fourth-order valence-corrected chi connectivity index (χ4v) is 5.79. The molecule has 0 spiro atoms. The molecule has 0 aromatic heterocycles. The first-order chi connectivity index (χ1) is 15.3. The molecule has 3 aromatic carbocycles. The lowest BCUT2D eigenvalue weighted by atomic mass is 9.98. The van der Waals surface area contributed by atoms with Gasteiger partial charge in [-0.25, -0.2) is 12.8 Å². The SMILES string of the molecule is Nc1ccc(-c2cccc(CCC(=O)[C@@H]3CCCN3S(=O)(=O)c3ccc(F)cc3)c2)cc1. The lowest BCUT2D eigenvalue weighted by Gasteiger charge is -2.23. The molecule has 0 radical (unpaired) electrons. The molecule has 0 aliphatic carbocycles. The number of nitrogen functional groups attached to an aromatic ring is 1. The summed E-state index contributed by atoms with van der Waals surface area (Å²) in [5, 5.41) is 0. The Bertz CT molecular complexity index is 1210. The summed E-state index contributed by atoms with van der Waals surface area (Å²) in [4.78, 5) is 13.0. The third-order valence-electron chi connectivity index (χ3n) is 5.83. The lowest BCUT2D eigenvalue weighted by Crippen LogP contribution is -2.40. The lowest BCUT2D eigenvalue weighted by molar-refractivity contribution is -0.122. The van der Waals surface area contributed by atoms with Crippen LogP contribution in [0.2, 0.25) is 0 Å². The van der Waals surface area contributed by atoms with Crippen molar-refractivity contribution in [1.29, 1.82) is 0 Å². The molecule has 2 N–H and O–H groups in total. The predicted molar refractivity (Wildman–Crippen MR) is 123 cm³/mol. The van der Waals surface area contributed by atoms with Gasteiger partial charge in [0.15, 0.2) is 5.78 Å². The summed E-state index contributed by atoms with van der Waals surface area (Å²) in [5.41, 5.74) is 9.55. The molecule has 1 fully saturated rings. The predicted octanol–water partition coefficient (Wildman–Crippen LogP) is 4.43. The van der Waals surface area contributed by atoms with Crippen LogP contribution >= 0.6 is 0 Å². The van der Waals surface area contributed by atoms with Gasteiger partial charge < -0.3 is 5.73 Å². The Morgan fingerprint density at radius 3 is 2.44 bits per heavy atom. The molecule has 0 amide bonds. The number of ketones is 1. The van der Waals surface area contributed by atoms with Crippen LogP contribution in [0.15, 0.2) is 77.7 Å². The van der Waals surface area contributed by atoms with E-state index in [1.807, 2.05) is 48.5 Å². The first-order valence-corrected chi connectivity index (χ1v) is 12.0. The number of halogens is 1. The number of benzene rings is 3. The normalized spacial score (nSPS) is 16.8. The summed E-state index contributed by atoms with van der Waals surface area (Å²) in [7, 11) is -3.84. The highest BCUT2D eigenvalue weighted by Gasteiger charge is 2.38. The molecule has 1 atom stereocenters. The summed E-state index contributed by atoms with van der Waals surface area (Å²) in [6.07, 6.45) is 1.92. The van der Waals surface area contributed by atoms with Gasteiger partial charge in [-0.1, -0.05) is 36.4 Å². The molecule has 1 aliphatic rings. The number of carbonyl (C=O) groups excluding carboxylic acids is 1. The Hall–Kier alpha value is -3.03. The molecule has 32 heavy (non-hydrogen) atoms. The molecule has 0 saturated carbocycles. The van der Waals surface area contributed by atoms with Crippen LogP contribution < -0.4 is 5.73 Å². The largest absolute Gasteiger partial charge is 0.399 e. The molecule has 1 aliphatic heterocycles. The van der Waals surface area contributed by atoms with E-state index in [2.05, 4.69) is 0 Å². The van der Waals surface area contributed by atoms with Gasteiger partial charge in [-0.2, -0.15) is 4.31 Å². The molecule has 3 aromatic rings. The van der Waals surface area contributed by atoms with Crippen LogP contribution in [0.4, 0.5) is 10.1 Å². The molecule has 5 nitrogen and oxygen atoms in total.